The zero-order chi connectivity index (χ0) is 17.8. The highest BCUT2D eigenvalue weighted by atomic mass is 35.5. The number of H-pyrrole nitrogens is 1. The second-order valence-electron chi connectivity index (χ2n) is 5.82. The van der Waals surface area contributed by atoms with Crippen molar-refractivity contribution in [3.8, 4) is 0 Å². The Bertz CT molecular complexity index is 933. The van der Waals surface area contributed by atoms with Gasteiger partial charge in [-0.05, 0) is 42.7 Å². The summed E-state index contributed by atoms with van der Waals surface area (Å²) in [5.41, 5.74) is 8.30. The van der Waals surface area contributed by atoms with Crippen molar-refractivity contribution in [1.29, 1.82) is 0 Å². The molecule has 25 heavy (non-hydrogen) atoms. The number of fused-ring (bicyclic) bond motifs is 1. The quantitative estimate of drug-likeness (QED) is 0.626. The van der Waals surface area contributed by atoms with Crippen molar-refractivity contribution < 1.29 is 9.59 Å². The zero-order valence-electron chi connectivity index (χ0n) is 13.5. The minimum Gasteiger partial charge on any atom is -0.366 e. The summed E-state index contributed by atoms with van der Waals surface area (Å²) >= 11 is 5.98. The summed E-state index contributed by atoms with van der Waals surface area (Å²) in [6, 6.07) is 12.8. The third-order valence-electron chi connectivity index (χ3n) is 4.04. The van der Waals surface area contributed by atoms with E-state index in [0.29, 0.717) is 12.1 Å². The first kappa shape index (κ1) is 17.0. The summed E-state index contributed by atoms with van der Waals surface area (Å²) in [5.74, 6) is -0.690. The fourth-order valence-corrected chi connectivity index (χ4v) is 3.07. The summed E-state index contributed by atoms with van der Waals surface area (Å²) < 4.78 is 0. The van der Waals surface area contributed by atoms with Crippen LogP contribution in [-0.2, 0) is 11.2 Å². The molecule has 0 unspecified atom stereocenters. The Morgan fingerprint density at radius 3 is 2.72 bits per heavy atom. The molecule has 3 aromatic rings. The number of nitrogens with two attached hydrogens (primary N) is 1. The molecule has 0 aliphatic rings. The number of hydrogen-bond acceptors (Lipinski definition) is 2. The lowest BCUT2D eigenvalue weighted by Crippen LogP contribution is -2.14. The molecule has 0 radical (unpaired) electrons. The van der Waals surface area contributed by atoms with Gasteiger partial charge in [-0.3, -0.25) is 9.59 Å². The number of benzene rings is 2. The predicted molar refractivity (Wildman–Crippen MR) is 99.8 cm³/mol. The molecular weight excluding hydrogens is 338 g/mol. The second kappa shape index (κ2) is 7.40. The van der Waals surface area contributed by atoms with Crippen LogP contribution in [0.4, 0.5) is 5.69 Å². The van der Waals surface area contributed by atoms with Gasteiger partial charge >= 0.3 is 0 Å². The molecule has 0 saturated heterocycles. The highest BCUT2D eigenvalue weighted by Crippen LogP contribution is 2.22. The minimum atomic E-state index is -0.596. The summed E-state index contributed by atoms with van der Waals surface area (Å²) in [4.78, 5) is 26.5. The molecule has 0 fully saturated rings. The van der Waals surface area contributed by atoms with E-state index in [1.54, 1.807) is 6.07 Å². The van der Waals surface area contributed by atoms with Crippen molar-refractivity contribution in [3.63, 3.8) is 0 Å². The molecule has 3 rings (SSSR count). The summed E-state index contributed by atoms with van der Waals surface area (Å²) in [6.07, 6.45) is 3.94. The maximum absolute atomic E-state index is 12.1. The molecule has 1 heterocycles. The number of halogens is 1. The molecule has 1 aromatic heterocycles. The number of aromatic nitrogens is 1. The number of aromatic amines is 1. The maximum atomic E-state index is 12.1. The number of nitrogens with one attached hydrogen (secondary N) is 2. The SMILES string of the molecule is NC(=O)c1ccc(NC(=O)CCCc2c[nH]c3ccccc23)cc1Cl. The van der Waals surface area contributed by atoms with Crippen molar-refractivity contribution in [1.82, 2.24) is 4.98 Å². The van der Waals surface area contributed by atoms with E-state index in [9.17, 15) is 9.59 Å². The number of rotatable bonds is 6. The molecule has 0 aliphatic carbocycles. The average Bonchev–Trinajstić information content (AvgIpc) is 2.98. The maximum Gasteiger partial charge on any atom is 0.250 e. The fraction of sp³-hybridized carbons (Fsp3) is 0.158. The van der Waals surface area contributed by atoms with Crippen LogP contribution in [0, 0.1) is 0 Å². The van der Waals surface area contributed by atoms with Crippen LogP contribution in [0.5, 0.6) is 0 Å². The molecule has 0 spiro atoms. The molecule has 0 atom stereocenters. The van der Waals surface area contributed by atoms with E-state index < -0.39 is 5.91 Å². The number of primary amides is 1. The van der Waals surface area contributed by atoms with Gasteiger partial charge in [-0.2, -0.15) is 0 Å². The van der Waals surface area contributed by atoms with Crippen LogP contribution >= 0.6 is 11.6 Å². The van der Waals surface area contributed by atoms with Gasteiger partial charge < -0.3 is 16.0 Å². The van der Waals surface area contributed by atoms with Crippen molar-refractivity contribution in [2.24, 2.45) is 5.73 Å². The molecule has 4 N–H and O–H groups in total. The van der Waals surface area contributed by atoms with Gasteiger partial charge in [0.2, 0.25) is 11.8 Å². The zero-order valence-corrected chi connectivity index (χ0v) is 14.3. The standard InChI is InChI=1S/C19H18ClN3O2/c20-16-10-13(8-9-15(16)19(21)25)23-18(24)7-3-4-12-11-22-17-6-2-1-5-14(12)17/h1-2,5-6,8-11,22H,3-4,7H2,(H2,21,25)(H,23,24). The molecule has 2 aromatic carbocycles. The largest absolute Gasteiger partial charge is 0.366 e. The van der Waals surface area contributed by atoms with Crippen LogP contribution in [0.15, 0.2) is 48.7 Å². The lowest BCUT2D eigenvalue weighted by atomic mass is 10.1. The first-order chi connectivity index (χ1) is 12.0. The van der Waals surface area contributed by atoms with Crippen LogP contribution in [0.3, 0.4) is 0 Å². The number of anilines is 1. The molecular formula is C19H18ClN3O2. The first-order valence-corrected chi connectivity index (χ1v) is 8.36. The van der Waals surface area contributed by atoms with E-state index in [1.807, 2.05) is 24.4 Å². The average molecular weight is 356 g/mol. The van der Waals surface area contributed by atoms with E-state index in [4.69, 9.17) is 17.3 Å². The number of para-hydroxylation sites is 1. The molecule has 2 amide bonds. The van der Waals surface area contributed by atoms with Gasteiger partial charge in [0, 0.05) is 29.2 Å². The van der Waals surface area contributed by atoms with Crippen LogP contribution in [0.25, 0.3) is 10.9 Å². The third-order valence-corrected chi connectivity index (χ3v) is 4.36. The Balaban J connectivity index is 1.55. The number of carbonyl (C=O) groups is 2. The van der Waals surface area contributed by atoms with Gasteiger partial charge in [0.05, 0.1) is 10.6 Å². The van der Waals surface area contributed by atoms with E-state index in [0.717, 1.165) is 18.4 Å². The Morgan fingerprint density at radius 2 is 1.96 bits per heavy atom. The van der Waals surface area contributed by atoms with Gasteiger partial charge in [0.1, 0.15) is 0 Å². The van der Waals surface area contributed by atoms with Gasteiger partial charge in [-0.1, -0.05) is 29.8 Å². The van der Waals surface area contributed by atoms with E-state index >= 15 is 0 Å². The second-order valence-corrected chi connectivity index (χ2v) is 6.23. The summed E-state index contributed by atoms with van der Waals surface area (Å²) in [5, 5.41) is 4.20. The first-order valence-electron chi connectivity index (χ1n) is 7.99. The topological polar surface area (TPSA) is 88.0 Å². The lowest BCUT2D eigenvalue weighted by molar-refractivity contribution is -0.116. The monoisotopic (exact) mass is 355 g/mol. The minimum absolute atomic E-state index is 0.0947. The highest BCUT2D eigenvalue weighted by Gasteiger charge is 2.09. The Kier molecular flexibility index (Phi) is 5.05. The number of aryl methyl sites for hydroxylation is 1. The molecule has 0 saturated carbocycles. The van der Waals surface area contributed by atoms with Crippen LogP contribution in [0.2, 0.25) is 5.02 Å². The van der Waals surface area contributed by atoms with Gasteiger partial charge in [-0.25, -0.2) is 0 Å². The molecule has 5 nitrogen and oxygen atoms in total. The fourth-order valence-electron chi connectivity index (χ4n) is 2.79. The molecule has 0 bridgehead atoms. The Labute approximate surface area is 150 Å². The third kappa shape index (κ3) is 4.00. The van der Waals surface area contributed by atoms with E-state index in [2.05, 4.69) is 16.4 Å². The number of hydrogen-bond donors (Lipinski definition) is 3. The Morgan fingerprint density at radius 1 is 1.16 bits per heavy atom. The summed E-state index contributed by atoms with van der Waals surface area (Å²) in [7, 11) is 0. The van der Waals surface area contributed by atoms with Crippen molar-refractivity contribution >= 4 is 40.0 Å². The van der Waals surface area contributed by atoms with Gasteiger partial charge in [0.25, 0.3) is 0 Å². The molecule has 6 heteroatoms. The van der Waals surface area contributed by atoms with Crippen LogP contribution in [0.1, 0.15) is 28.8 Å². The molecule has 0 aliphatic heterocycles. The van der Waals surface area contributed by atoms with Crippen LogP contribution < -0.4 is 11.1 Å². The van der Waals surface area contributed by atoms with Crippen LogP contribution in [-0.4, -0.2) is 16.8 Å². The van der Waals surface area contributed by atoms with Gasteiger partial charge in [-0.15, -0.1) is 0 Å². The van der Waals surface area contributed by atoms with Crippen molar-refractivity contribution in [2.45, 2.75) is 19.3 Å². The van der Waals surface area contributed by atoms with E-state index in [-0.39, 0.29) is 16.5 Å². The normalized spacial score (nSPS) is 10.8. The van der Waals surface area contributed by atoms with E-state index in [1.165, 1.54) is 23.1 Å². The predicted octanol–water partition coefficient (Wildman–Crippen LogP) is 3.88. The smallest absolute Gasteiger partial charge is 0.250 e. The molecule has 128 valence electrons. The highest BCUT2D eigenvalue weighted by molar-refractivity contribution is 6.34. The summed E-state index contributed by atoms with van der Waals surface area (Å²) in [6.45, 7) is 0. The lowest BCUT2D eigenvalue weighted by Gasteiger charge is -2.07. The Hall–Kier alpha value is -2.79. The van der Waals surface area contributed by atoms with Gasteiger partial charge in [0.15, 0.2) is 0 Å². The van der Waals surface area contributed by atoms with Crippen molar-refractivity contribution in [3.05, 3.63) is 64.8 Å². The van der Waals surface area contributed by atoms with Crippen molar-refractivity contribution in [2.75, 3.05) is 5.32 Å². The number of carbonyl (C=O) groups excluding carboxylic acids is 2. The number of amides is 2.